The van der Waals surface area contributed by atoms with Crippen LogP contribution in [0.4, 0.5) is 11.6 Å². The molecule has 0 fully saturated rings. The van der Waals surface area contributed by atoms with E-state index in [0.717, 1.165) is 22.8 Å². The minimum absolute atomic E-state index is 0.217. The third kappa shape index (κ3) is 4.29. The van der Waals surface area contributed by atoms with Crippen LogP contribution >= 0.6 is 11.8 Å². The highest BCUT2D eigenvalue weighted by molar-refractivity contribution is 7.98. The first-order valence-electron chi connectivity index (χ1n) is 10.2. The van der Waals surface area contributed by atoms with Crippen LogP contribution in [0.5, 0.6) is 11.5 Å². The second kappa shape index (κ2) is 9.35. The van der Waals surface area contributed by atoms with Crippen molar-refractivity contribution in [1.82, 2.24) is 14.8 Å². The zero-order chi connectivity index (χ0) is 22.7. The van der Waals surface area contributed by atoms with E-state index in [1.807, 2.05) is 56.5 Å². The number of amides is 1. The summed E-state index contributed by atoms with van der Waals surface area (Å²) in [5.74, 6) is 1.89. The number of anilines is 2. The molecule has 1 unspecified atom stereocenters. The zero-order valence-corrected chi connectivity index (χ0v) is 19.2. The number of aromatic nitrogens is 3. The van der Waals surface area contributed by atoms with Gasteiger partial charge < -0.3 is 20.1 Å². The van der Waals surface area contributed by atoms with Gasteiger partial charge in [0.2, 0.25) is 11.1 Å². The first kappa shape index (κ1) is 21.8. The molecule has 1 atom stereocenters. The lowest BCUT2D eigenvalue weighted by Crippen LogP contribution is -2.31. The van der Waals surface area contributed by atoms with Crippen LogP contribution in [-0.2, 0) is 4.79 Å². The highest BCUT2D eigenvalue weighted by atomic mass is 32.2. The number of hydrogen-bond donors (Lipinski definition) is 2. The van der Waals surface area contributed by atoms with E-state index in [4.69, 9.17) is 9.47 Å². The van der Waals surface area contributed by atoms with E-state index in [1.165, 1.54) is 11.8 Å². The number of rotatable bonds is 7. The summed E-state index contributed by atoms with van der Waals surface area (Å²) in [6.07, 6.45) is 1.92. The Morgan fingerprint density at radius 2 is 1.84 bits per heavy atom. The summed E-state index contributed by atoms with van der Waals surface area (Å²) >= 11 is 1.45. The molecular weight excluding hydrogens is 426 g/mol. The average molecular weight is 452 g/mol. The number of fused-ring (bicyclic) bond motifs is 1. The van der Waals surface area contributed by atoms with Crippen molar-refractivity contribution in [2.24, 2.45) is 0 Å². The third-order valence-corrected chi connectivity index (χ3v) is 5.65. The van der Waals surface area contributed by atoms with Gasteiger partial charge in [-0.15, -0.1) is 5.10 Å². The Labute approximate surface area is 191 Å². The van der Waals surface area contributed by atoms with Gasteiger partial charge in [0.25, 0.3) is 5.91 Å². The molecular formula is C23H25N5O3S. The number of hydrogen-bond acceptors (Lipinski definition) is 7. The number of thioether (sulfide) groups is 1. The SMILES string of the molecule is CCOc1ccc(C2C(C(=O)Nc3ccc(OC)cc3)=C(C)Nc3nc(SC)nn32)cc1. The second-order valence-corrected chi connectivity index (χ2v) is 7.89. The van der Waals surface area contributed by atoms with Gasteiger partial charge in [-0.1, -0.05) is 23.9 Å². The number of benzene rings is 2. The van der Waals surface area contributed by atoms with Crippen LogP contribution in [0, 0.1) is 0 Å². The fourth-order valence-corrected chi connectivity index (χ4v) is 3.95. The van der Waals surface area contributed by atoms with Gasteiger partial charge in [0.1, 0.15) is 17.5 Å². The predicted octanol–water partition coefficient (Wildman–Crippen LogP) is 4.33. The zero-order valence-electron chi connectivity index (χ0n) is 18.4. The van der Waals surface area contributed by atoms with E-state index in [0.29, 0.717) is 29.0 Å². The van der Waals surface area contributed by atoms with Gasteiger partial charge in [0.15, 0.2) is 0 Å². The lowest BCUT2D eigenvalue weighted by molar-refractivity contribution is -0.113. The molecule has 0 aliphatic carbocycles. The Morgan fingerprint density at radius 1 is 1.16 bits per heavy atom. The maximum atomic E-state index is 13.4. The van der Waals surface area contributed by atoms with Gasteiger partial charge >= 0.3 is 0 Å². The fourth-order valence-electron chi connectivity index (χ4n) is 3.61. The van der Waals surface area contributed by atoms with E-state index < -0.39 is 6.04 Å². The highest BCUT2D eigenvalue weighted by Gasteiger charge is 2.34. The molecule has 2 aromatic carbocycles. The lowest BCUT2D eigenvalue weighted by atomic mass is 9.95. The van der Waals surface area contributed by atoms with Crippen LogP contribution in [0.2, 0.25) is 0 Å². The van der Waals surface area contributed by atoms with Crippen LogP contribution < -0.4 is 20.1 Å². The van der Waals surface area contributed by atoms with Crippen LogP contribution in [0.1, 0.15) is 25.5 Å². The molecule has 2 N–H and O–H groups in total. The molecule has 1 aliphatic rings. The van der Waals surface area contributed by atoms with Crippen molar-refractivity contribution in [3.05, 3.63) is 65.4 Å². The first-order chi connectivity index (χ1) is 15.5. The van der Waals surface area contributed by atoms with E-state index in [-0.39, 0.29) is 5.91 Å². The lowest BCUT2D eigenvalue weighted by Gasteiger charge is -2.28. The van der Waals surface area contributed by atoms with Crippen molar-refractivity contribution in [1.29, 1.82) is 0 Å². The van der Waals surface area contributed by atoms with Crippen LogP contribution in [0.3, 0.4) is 0 Å². The number of ether oxygens (including phenoxy) is 2. The number of nitrogens with one attached hydrogen (secondary N) is 2. The highest BCUT2D eigenvalue weighted by Crippen LogP contribution is 2.37. The Balaban J connectivity index is 1.72. The van der Waals surface area contributed by atoms with Gasteiger partial charge in [-0.05, 0) is 62.1 Å². The van der Waals surface area contributed by atoms with Crippen molar-refractivity contribution < 1.29 is 14.3 Å². The largest absolute Gasteiger partial charge is 0.497 e. The quantitative estimate of drug-likeness (QED) is 0.517. The molecule has 9 heteroatoms. The van der Waals surface area contributed by atoms with Crippen molar-refractivity contribution in [3.8, 4) is 11.5 Å². The summed E-state index contributed by atoms with van der Waals surface area (Å²) in [6, 6.07) is 14.5. The van der Waals surface area contributed by atoms with Gasteiger partial charge in [0, 0.05) is 11.4 Å². The molecule has 1 aliphatic heterocycles. The van der Waals surface area contributed by atoms with Crippen molar-refractivity contribution in [2.45, 2.75) is 25.0 Å². The van der Waals surface area contributed by atoms with Crippen LogP contribution in [0.25, 0.3) is 0 Å². The minimum atomic E-state index is -0.437. The molecule has 166 valence electrons. The number of carbonyl (C=O) groups excluding carboxylic acids is 1. The van der Waals surface area contributed by atoms with Crippen molar-refractivity contribution in [2.75, 3.05) is 30.6 Å². The Kier molecular flexibility index (Phi) is 6.36. The summed E-state index contributed by atoms with van der Waals surface area (Å²) in [6.45, 7) is 4.41. The van der Waals surface area contributed by atoms with Gasteiger partial charge in [-0.25, -0.2) is 4.68 Å². The normalized spacial score (nSPS) is 15.1. The number of methoxy groups -OCH3 is 1. The number of carbonyl (C=O) groups is 1. The smallest absolute Gasteiger partial charge is 0.255 e. The molecule has 2 heterocycles. The summed E-state index contributed by atoms with van der Waals surface area (Å²) in [7, 11) is 1.61. The molecule has 3 aromatic rings. The molecule has 8 nitrogen and oxygen atoms in total. The standard InChI is InChI=1S/C23H25N5O3S/c1-5-31-18-10-6-15(7-11-18)20-19(14(2)24-22-26-23(32-4)27-28(20)22)21(29)25-16-8-12-17(30-3)13-9-16/h6-13,20H,5H2,1-4H3,(H,25,29)(H,24,26,27). The summed E-state index contributed by atoms with van der Waals surface area (Å²) in [4.78, 5) is 18.0. The maximum Gasteiger partial charge on any atom is 0.255 e. The third-order valence-electron chi connectivity index (χ3n) is 5.12. The van der Waals surface area contributed by atoms with Gasteiger partial charge in [-0.2, -0.15) is 4.98 Å². The summed E-state index contributed by atoms with van der Waals surface area (Å²) in [5.41, 5.74) is 2.88. The summed E-state index contributed by atoms with van der Waals surface area (Å²) < 4.78 is 12.5. The Bertz CT molecular complexity index is 1140. The van der Waals surface area contributed by atoms with E-state index in [2.05, 4.69) is 20.7 Å². The van der Waals surface area contributed by atoms with Crippen LogP contribution in [0.15, 0.2) is 65.0 Å². The molecule has 0 saturated carbocycles. The molecule has 0 spiro atoms. The topological polar surface area (TPSA) is 90.3 Å². The molecule has 0 bridgehead atoms. The maximum absolute atomic E-state index is 13.4. The van der Waals surface area contributed by atoms with E-state index in [9.17, 15) is 4.79 Å². The van der Waals surface area contributed by atoms with E-state index in [1.54, 1.807) is 23.9 Å². The first-order valence-corrected chi connectivity index (χ1v) is 11.4. The molecule has 1 amide bonds. The molecule has 1 aromatic heterocycles. The fraction of sp³-hybridized carbons (Fsp3) is 0.261. The second-order valence-electron chi connectivity index (χ2n) is 7.12. The molecule has 0 radical (unpaired) electrons. The Hall–Kier alpha value is -3.46. The molecule has 4 rings (SSSR count). The average Bonchev–Trinajstić information content (AvgIpc) is 3.22. The number of nitrogens with zero attached hydrogens (tertiary/aromatic N) is 3. The monoisotopic (exact) mass is 451 g/mol. The number of allylic oxidation sites excluding steroid dienone is 1. The molecule has 0 saturated heterocycles. The van der Waals surface area contributed by atoms with Gasteiger partial charge in [-0.3, -0.25) is 4.79 Å². The summed E-state index contributed by atoms with van der Waals surface area (Å²) in [5, 5.41) is 11.5. The predicted molar refractivity (Wildman–Crippen MR) is 125 cm³/mol. The van der Waals surface area contributed by atoms with Gasteiger partial charge in [0.05, 0.1) is 19.3 Å². The molecule has 32 heavy (non-hydrogen) atoms. The Morgan fingerprint density at radius 3 is 2.47 bits per heavy atom. The van der Waals surface area contributed by atoms with E-state index >= 15 is 0 Å². The van der Waals surface area contributed by atoms with Crippen molar-refractivity contribution in [3.63, 3.8) is 0 Å². The minimum Gasteiger partial charge on any atom is -0.497 e. The van der Waals surface area contributed by atoms with Crippen LogP contribution in [-0.4, -0.2) is 40.6 Å². The van der Waals surface area contributed by atoms with Crippen molar-refractivity contribution >= 4 is 29.3 Å².